The highest BCUT2D eigenvalue weighted by molar-refractivity contribution is 7.92. The van der Waals surface area contributed by atoms with Crippen molar-refractivity contribution in [2.75, 3.05) is 5.32 Å². The van der Waals surface area contributed by atoms with Crippen molar-refractivity contribution in [3.8, 4) is 11.8 Å². The predicted octanol–water partition coefficient (Wildman–Crippen LogP) is 4.48. The molecule has 3 unspecified atom stereocenters. The Kier molecular flexibility index (Phi) is 7.14. The number of anilines is 1. The third-order valence-corrected chi connectivity index (χ3v) is 9.61. The molecule has 198 valence electrons. The monoisotopic (exact) mass is 555 g/mol. The second kappa shape index (κ2) is 9.62. The van der Waals surface area contributed by atoms with Gasteiger partial charge in [-0.3, -0.25) is 4.79 Å². The molecule has 0 radical (unpaired) electrons. The molecule has 2 aliphatic carbocycles. The van der Waals surface area contributed by atoms with E-state index in [1.165, 1.54) is 26.0 Å². The molecular weight excluding hydrogens is 531 g/mol. The van der Waals surface area contributed by atoms with E-state index >= 15 is 0 Å². The standard InChI is InChI=1S/C26H25ClF3NO5S/c1-25(2,33)7-8-26(34)15-4-5-16(26)11-18(10-15)37(35,36)22-9-14(3-6-19(22)27)24(32)31-17-12-20(28)23(30)21(29)13-17/h3,6,9,12-13,15-16,18,33-34H,4-5,10-11H2,1-2H3,(H,31,32)/t15-,16?,18?,26?/m0/s1. The summed E-state index contributed by atoms with van der Waals surface area (Å²) in [5, 5.41) is 22.4. The zero-order valence-electron chi connectivity index (χ0n) is 20.0. The van der Waals surface area contributed by atoms with Gasteiger partial charge in [0.2, 0.25) is 0 Å². The van der Waals surface area contributed by atoms with Crippen LogP contribution in [-0.4, -0.2) is 41.0 Å². The van der Waals surface area contributed by atoms with Gasteiger partial charge in [-0.2, -0.15) is 0 Å². The topological polar surface area (TPSA) is 104 Å². The highest BCUT2D eigenvalue weighted by Crippen LogP contribution is 2.52. The minimum atomic E-state index is -4.05. The Bertz CT molecular complexity index is 1390. The normalized spacial score (nSPS) is 25.4. The van der Waals surface area contributed by atoms with Crippen LogP contribution in [0.25, 0.3) is 0 Å². The van der Waals surface area contributed by atoms with Gasteiger partial charge in [0.1, 0.15) is 11.2 Å². The van der Waals surface area contributed by atoms with Gasteiger partial charge in [0.05, 0.1) is 15.2 Å². The average Bonchev–Trinajstić information content (AvgIpc) is 2.97. The maximum absolute atomic E-state index is 13.6. The van der Waals surface area contributed by atoms with Gasteiger partial charge in [0.25, 0.3) is 5.91 Å². The van der Waals surface area contributed by atoms with Gasteiger partial charge in [-0.15, -0.1) is 0 Å². The Hall–Kier alpha value is -2.58. The second-order valence-corrected chi connectivity index (χ2v) is 12.7. The van der Waals surface area contributed by atoms with Gasteiger partial charge in [-0.05, 0) is 57.7 Å². The molecule has 2 fully saturated rings. The number of carbonyl (C=O) groups is 1. The molecule has 6 nitrogen and oxygen atoms in total. The fourth-order valence-corrected chi connectivity index (χ4v) is 7.49. The summed E-state index contributed by atoms with van der Waals surface area (Å²) in [5.74, 6) is -0.950. The first-order valence-electron chi connectivity index (χ1n) is 11.6. The van der Waals surface area contributed by atoms with Crippen LogP contribution in [0.4, 0.5) is 18.9 Å². The van der Waals surface area contributed by atoms with Crippen LogP contribution in [0.3, 0.4) is 0 Å². The average molecular weight is 556 g/mol. The van der Waals surface area contributed by atoms with Crippen LogP contribution in [0.1, 0.15) is 49.9 Å². The number of rotatable bonds is 4. The predicted molar refractivity (Wildman–Crippen MR) is 131 cm³/mol. The van der Waals surface area contributed by atoms with Crippen LogP contribution in [0.5, 0.6) is 0 Å². The van der Waals surface area contributed by atoms with Crippen LogP contribution in [0.2, 0.25) is 5.02 Å². The van der Waals surface area contributed by atoms with Crippen molar-refractivity contribution >= 4 is 33.0 Å². The summed E-state index contributed by atoms with van der Waals surface area (Å²) in [5.41, 5.74) is -3.20. The van der Waals surface area contributed by atoms with E-state index in [0.717, 1.165) is 6.07 Å². The van der Waals surface area contributed by atoms with Crippen LogP contribution in [0.15, 0.2) is 35.2 Å². The van der Waals surface area contributed by atoms with Gasteiger partial charge < -0.3 is 15.5 Å². The molecule has 0 aromatic heterocycles. The molecule has 2 bridgehead atoms. The van der Waals surface area contributed by atoms with Crippen LogP contribution in [0, 0.1) is 41.1 Å². The summed E-state index contributed by atoms with van der Waals surface area (Å²) in [6, 6.07) is 4.77. The molecule has 2 aromatic carbocycles. The molecule has 37 heavy (non-hydrogen) atoms. The number of carbonyl (C=O) groups excluding carboxylic acids is 1. The van der Waals surface area contributed by atoms with E-state index in [0.29, 0.717) is 25.0 Å². The van der Waals surface area contributed by atoms with Crippen molar-refractivity contribution in [1.82, 2.24) is 0 Å². The quantitative estimate of drug-likeness (QED) is 0.381. The number of benzene rings is 2. The zero-order chi connectivity index (χ0) is 27.3. The lowest BCUT2D eigenvalue weighted by Crippen LogP contribution is -2.47. The number of sulfone groups is 1. The smallest absolute Gasteiger partial charge is 0.255 e. The summed E-state index contributed by atoms with van der Waals surface area (Å²) < 4.78 is 67.4. The first kappa shape index (κ1) is 27.5. The van der Waals surface area contributed by atoms with E-state index in [1.54, 1.807) is 0 Å². The number of nitrogens with one attached hydrogen (secondary N) is 1. The molecule has 2 aromatic rings. The Morgan fingerprint density at radius 3 is 2.22 bits per heavy atom. The van der Waals surface area contributed by atoms with E-state index in [-0.39, 0.29) is 34.0 Å². The summed E-state index contributed by atoms with van der Waals surface area (Å²) in [7, 11) is -4.05. The largest absolute Gasteiger partial charge is 0.378 e. The van der Waals surface area contributed by atoms with E-state index in [1.807, 2.05) is 0 Å². The number of halogens is 4. The van der Waals surface area contributed by atoms with Crippen molar-refractivity contribution in [3.63, 3.8) is 0 Å². The highest BCUT2D eigenvalue weighted by Gasteiger charge is 2.55. The van der Waals surface area contributed by atoms with Crippen LogP contribution < -0.4 is 5.32 Å². The molecule has 0 saturated heterocycles. The third-order valence-electron chi connectivity index (χ3n) is 6.95. The van der Waals surface area contributed by atoms with E-state index in [2.05, 4.69) is 17.2 Å². The van der Waals surface area contributed by atoms with Crippen LogP contribution >= 0.6 is 11.6 Å². The molecule has 0 heterocycles. The molecule has 1 amide bonds. The lowest BCUT2D eigenvalue weighted by Gasteiger charge is -2.39. The van der Waals surface area contributed by atoms with Gasteiger partial charge in [0.15, 0.2) is 27.3 Å². The fraction of sp³-hybridized carbons (Fsp3) is 0.423. The summed E-state index contributed by atoms with van der Waals surface area (Å²) >= 11 is 6.22. The number of hydrogen-bond acceptors (Lipinski definition) is 5. The maximum atomic E-state index is 13.6. The highest BCUT2D eigenvalue weighted by atomic mass is 35.5. The summed E-state index contributed by atoms with van der Waals surface area (Å²) in [6.45, 7) is 2.99. The van der Waals surface area contributed by atoms with E-state index in [9.17, 15) is 36.6 Å². The molecule has 2 aliphatic rings. The van der Waals surface area contributed by atoms with Gasteiger partial charge in [-0.1, -0.05) is 23.4 Å². The number of hydrogen-bond donors (Lipinski definition) is 3. The molecule has 4 rings (SSSR count). The van der Waals surface area contributed by atoms with Crippen molar-refractivity contribution in [2.24, 2.45) is 11.8 Å². The first-order chi connectivity index (χ1) is 17.1. The third kappa shape index (κ3) is 5.36. The van der Waals surface area contributed by atoms with Gasteiger partial charge in [-0.25, -0.2) is 21.6 Å². The van der Waals surface area contributed by atoms with Crippen molar-refractivity contribution < 1.29 is 36.6 Å². The Labute approximate surface area is 217 Å². The van der Waals surface area contributed by atoms with E-state index in [4.69, 9.17) is 11.6 Å². The zero-order valence-corrected chi connectivity index (χ0v) is 21.6. The summed E-state index contributed by atoms with van der Waals surface area (Å²) in [6.07, 6.45) is 1.40. The van der Waals surface area contributed by atoms with Crippen molar-refractivity contribution in [2.45, 2.75) is 60.9 Å². The Morgan fingerprint density at radius 2 is 1.68 bits per heavy atom. The lowest BCUT2D eigenvalue weighted by molar-refractivity contribution is -0.00581. The molecule has 3 N–H and O–H groups in total. The van der Waals surface area contributed by atoms with Crippen molar-refractivity contribution in [3.05, 3.63) is 58.4 Å². The van der Waals surface area contributed by atoms with Gasteiger partial charge in [0, 0.05) is 35.2 Å². The number of fused-ring (bicyclic) bond motifs is 2. The Morgan fingerprint density at radius 1 is 1.11 bits per heavy atom. The van der Waals surface area contributed by atoms with Gasteiger partial charge >= 0.3 is 0 Å². The number of amides is 1. The van der Waals surface area contributed by atoms with Crippen molar-refractivity contribution in [1.29, 1.82) is 0 Å². The molecule has 4 atom stereocenters. The lowest BCUT2D eigenvalue weighted by atomic mass is 9.74. The first-order valence-corrected chi connectivity index (χ1v) is 13.5. The Balaban J connectivity index is 1.59. The molecular formula is C26H25ClF3NO5S. The minimum absolute atomic E-state index is 0.106. The fourth-order valence-electron chi connectivity index (χ4n) is 5.09. The second-order valence-electron chi connectivity index (χ2n) is 10.1. The van der Waals surface area contributed by atoms with Crippen LogP contribution in [-0.2, 0) is 9.84 Å². The SMILES string of the molecule is CC(C)(O)C#CC1(O)C2CC[C@H]1CC(S(=O)(=O)c1cc(C(=O)Nc3cc(F)c(F)c(F)c3)ccc1Cl)C2. The molecule has 0 spiro atoms. The summed E-state index contributed by atoms with van der Waals surface area (Å²) in [4.78, 5) is 12.4. The molecule has 0 aliphatic heterocycles. The van der Waals surface area contributed by atoms with E-state index < -0.39 is 61.5 Å². The minimum Gasteiger partial charge on any atom is -0.378 e. The maximum Gasteiger partial charge on any atom is 0.255 e. The molecule has 2 saturated carbocycles. The number of aliphatic hydroxyl groups is 2. The molecule has 11 heteroatoms.